The van der Waals surface area contributed by atoms with E-state index in [-0.39, 0.29) is 12.2 Å². The van der Waals surface area contributed by atoms with Crippen molar-refractivity contribution in [1.82, 2.24) is 0 Å². The minimum Gasteiger partial charge on any atom is -0.493 e. The van der Waals surface area contributed by atoms with E-state index in [1.165, 1.54) is 19.2 Å². The first-order valence-electron chi connectivity index (χ1n) is 5.84. The van der Waals surface area contributed by atoms with Gasteiger partial charge in [-0.25, -0.2) is 4.39 Å². The maximum absolute atomic E-state index is 13.6. The van der Waals surface area contributed by atoms with E-state index in [0.717, 1.165) is 0 Å². The van der Waals surface area contributed by atoms with Gasteiger partial charge in [-0.1, -0.05) is 17.7 Å². The van der Waals surface area contributed by atoms with Gasteiger partial charge >= 0.3 is 0 Å². The molecule has 2 aromatic carbocycles. The van der Waals surface area contributed by atoms with E-state index in [2.05, 4.69) is 0 Å². The second kappa shape index (κ2) is 6.39. The van der Waals surface area contributed by atoms with Crippen LogP contribution in [0.15, 0.2) is 36.4 Å². The molecule has 0 atom stereocenters. The fraction of sp³-hybridized carbons (Fsp3) is 0.133. The van der Waals surface area contributed by atoms with Crippen LogP contribution >= 0.6 is 11.6 Å². The monoisotopic (exact) mass is 294 g/mol. The molecule has 0 spiro atoms. The summed E-state index contributed by atoms with van der Waals surface area (Å²) in [5.74, 6) is 0.389. The average Bonchev–Trinajstić information content (AvgIpc) is 2.46. The highest BCUT2D eigenvalue weighted by molar-refractivity contribution is 6.31. The lowest BCUT2D eigenvalue weighted by molar-refractivity contribution is 0.112. The van der Waals surface area contributed by atoms with Gasteiger partial charge in [0.05, 0.1) is 12.1 Å². The van der Waals surface area contributed by atoms with Gasteiger partial charge in [0.2, 0.25) is 0 Å². The van der Waals surface area contributed by atoms with Crippen molar-refractivity contribution >= 4 is 17.9 Å². The molecule has 0 unspecified atom stereocenters. The molecule has 2 aromatic rings. The highest BCUT2D eigenvalue weighted by atomic mass is 35.5. The van der Waals surface area contributed by atoms with Gasteiger partial charge in [0, 0.05) is 11.1 Å². The Kier molecular flexibility index (Phi) is 4.58. The molecule has 0 aromatic heterocycles. The van der Waals surface area contributed by atoms with Crippen molar-refractivity contribution in [2.45, 2.75) is 6.61 Å². The Morgan fingerprint density at radius 1 is 1.25 bits per heavy atom. The Labute approximate surface area is 120 Å². The lowest BCUT2D eigenvalue weighted by atomic mass is 10.2. The topological polar surface area (TPSA) is 35.5 Å². The molecule has 0 heterocycles. The number of ether oxygens (including phenoxy) is 2. The molecule has 2 rings (SSSR count). The molecule has 0 aliphatic heterocycles. The SMILES string of the molecule is COc1cc(C=O)ccc1OCc1c(F)cccc1Cl. The van der Waals surface area contributed by atoms with Crippen LogP contribution in [0.2, 0.25) is 5.02 Å². The predicted molar refractivity (Wildman–Crippen MR) is 74.1 cm³/mol. The fourth-order valence-electron chi connectivity index (χ4n) is 1.70. The van der Waals surface area contributed by atoms with Crippen molar-refractivity contribution in [2.24, 2.45) is 0 Å². The third-order valence-corrected chi connectivity index (χ3v) is 3.11. The summed E-state index contributed by atoms with van der Waals surface area (Å²) in [5, 5.41) is 0.300. The molecule has 0 amide bonds. The van der Waals surface area contributed by atoms with Crippen molar-refractivity contribution < 1.29 is 18.7 Å². The van der Waals surface area contributed by atoms with Crippen molar-refractivity contribution in [3.05, 3.63) is 58.4 Å². The smallest absolute Gasteiger partial charge is 0.161 e. The predicted octanol–water partition coefficient (Wildman–Crippen LogP) is 3.88. The number of aldehydes is 1. The van der Waals surface area contributed by atoms with E-state index in [4.69, 9.17) is 21.1 Å². The van der Waals surface area contributed by atoms with Crippen LogP contribution in [0.5, 0.6) is 11.5 Å². The van der Waals surface area contributed by atoms with E-state index in [0.29, 0.717) is 28.4 Å². The van der Waals surface area contributed by atoms with E-state index in [1.807, 2.05) is 0 Å². The molecule has 0 N–H and O–H groups in total. The molecule has 20 heavy (non-hydrogen) atoms. The minimum absolute atomic E-state index is 0.0255. The molecular weight excluding hydrogens is 283 g/mol. The second-order valence-electron chi connectivity index (χ2n) is 4.02. The van der Waals surface area contributed by atoms with Gasteiger partial charge in [0.25, 0.3) is 0 Å². The summed E-state index contributed by atoms with van der Waals surface area (Å²) in [6.07, 6.45) is 0.708. The molecule has 104 valence electrons. The van der Waals surface area contributed by atoms with Crippen LogP contribution < -0.4 is 9.47 Å². The van der Waals surface area contributed by atoms with E-state index < -0.39 is 5.82 Å². The molecule has 0 aliphatic rings. The molecule has 3 nitrogen and oxygen atoms in total. The first-order chi connectivity index (χ1) is 9.65. The highest BCUT2D eigenvalue weighted by Crippen LogP contribution is 2.29. The molecule has 0 saturated carbocycles. The van der Waals surface area contributed by atoms with Gasteiger partial charge in [-0.2, -0.15) is 0 Å². The molecule has 0 fully saturated rings. The lowest BCUT2D eigenvalue weighted by Crippen LogP contribution is -2.01. The van der Waals surface area contributed by atoms with Gasteiger partial charge in [-0.05, 0) is 30.3 Å². The Morgan fingerprint density at radius 2 is 2.05 bits per heavy atom. The summed E-state index contributed by atoms with van der Waals surface area (Å²) in [4.78, 5) is 10.7. The standard InChI is InChI=1S/C15H12ClFO3/c1-19-15-7-10(8-18)5-6-14(15)20-9-11-12(16)3-2-4-13(11)17/h2-8H,9H2,1H3. The van der Waals surface area contributed by atoms with E-state index in [1.54, 1.807) is 24.3 Å². The molecule has 0 bridgehead atoms. The largest absolute Gasteiger partial charge is 0.493 e. The van der Waals surface area contributed by atoms with Crippen LogP contribution in [-0.2, 0) is 6.61 Å². The number of hydrogen-bond donors (Lipinski definition) is 0. The third kappa shape index (κ3) is 3.08. The van der Waals surface area contributed by atoms with Crippen molar-refractivity contribution in [1.29, 1.82) is 0 Å². The van der Waals surface area contributed by atoms with Gasteiger partial charge in [-0.3, -0.25) is 4.79 Å². The summed E-state index contributed by atoms with van der Waals surface area (Å²) in [7, 11) is 1.47. The van der Waals surface area contributed by atoms with Crippen LogP contribution in [0, 0.1) is 5.82 Å². The summed E-state index contributed by atoms with van der Waals surface area (Å²) < 4.78 is 24.2. The molecule has 0 aliphatic carbocycles. The number of rotatable bonds is 5. The number of carbonyl (C=O) groups is 1. The highest BCUT2D eigenvalue weighted by Gasteiger charge is 2.10. The zero-order chi connectivity index (χ0) is 14.5. The maximum Gasteiger partial charge on any atom is 0.161 e. The lowest BCUT2D eigenvalue weighted by Gasteiger charge is -2.12. The summed E-state index contributed by atoms with van der Waals surface area (Å²) in [6, 6.07) is 9.17. The third-order valence-electron chi connectivity index (χ3n) is 2.76. The molecular formula is C15H12ClFO3. The Bertz CT molecular complexity index is 608. The zero-order valence-corrected chi connectivity index (χ0v) is 11.5. The number of methoxy groups -OCH3 is 1. The quantitative estimate of drug-likeness (QED) is 0.785. The number of benzene rings is 2. The van der Waals surface area contributed by atoms with Crippen LogP contribution in [-0.4, -0.2) is 13.4 Å². The second-order valence-corrected chi connectivity index (χ2v) is 4.42. The number of halogens is 2. The Balaban J connectivity index is 2.21. The van der Waals surface area contributed by atoms with Crippen molar-refractivity contribution in [3.8, 4) is 11.5 Å². The summed E-state index contributed by atoms with van der Waals surface area (Å²) >= 11 is 5.92. The first kappa shape index (κ1) is 14.3. The van der Waals surface area contributed by atoms with Crippen LogP contribution in [0.3, 0.4) is 0 Å². The van der Waals surface area contributed by atoms with Crippen molar-refractivity contribution in [3.63, 3.8) is 0 Å². The van der Waals surface area contributed by atoms with E-state index in [9.17, 15) is 9.18 Å². The van der Waals surface area contributed by atoms with Gasteiger partial charge < -0.3 is 9.47 Å². The van der Waals surface area contributed by atoms with Crippen LogP contribution in [0.1, 0.15) is 15.9 Å². The normalized spacial score (nSPS) is 10.2. The number of carbonyl (C=O) groups excluding carboxylic acids is 1. The fourth-order valence-corrected chi connectivity index (χ4v) is 1.91. The van der Waals surface area contributed by atoms with Gasteiger partial charge in [-0.15, -0.1) is 0 Å². The van der Waals surface area contributed by atoms with Crippen LogP contribution in [0.25, 0.3) is 0 Å². The average molecular weight is 295 g/mol. The van der Waals surface area contributed by atoms with Gasteiger partial charge in [0.1, 0.15) is 18.7 Å². The Morgan fingerprint density at radius 3 is 2.70 bits per heavy atom. The first-order valence-corrected chi connectivity index (χ1v) is 6.22. The molecule has 0 saturated heterocycles. The zero-order valence-electron chi connectivity index (χ0n) is 10.7. The molecule has 5 heteroatoms. The van der Waals surface area contributed by atoms with Crippen LogP contribution in [0.4, 0.5) is 4.39 Å². The summed E-state index contributed by atoms with van der Waals surface area (Å²) in [6.45, 7) is -0.0255. The Hall–Kier alpha value is -2.07. The van der Waals surface area contributed by atoms with E-state index >= 15 is 0 Å². The summed E-state index contributed by atoms with van der Waals surface area (Å²) in [5.41, 5.74) is 0.744. The van der Waals surface area contributed by atoms with Crippen molar-refractivity contribution in [2.75, 3.05) is 7.11 Å². The minimum atomic E-state index is -0.430. The molecule has 0 radical (unpaired) electrons. The maximum atomic E-state index is 13.6. The van der Waals surface area contributed by atoms with Gasteiger partial charge in [0.15, 0.2) is 11.5 Å². The number of hydrogen-bond acceptors (Lipinski definition) is 3.